The van der Waals surface area contributed by atoms with Gasteiger partial charge in [0.2, 0.25) is 0 Å². The SMILES string of the molecule is CCNC(=NCC1(CCOC)CCCC1)NCCc1sc(C)nc1C. The average molecular weight is 367 g/mol. The number of aromatic nitrogens is 1. The molecule has 0 saturated heterocycles. The summed E-state index contributed by atoms with van der Waals surface area (Å²) >= 11 is 1.80. The number of rotatable bonds is 9. The van der Waals surface area contributed by atoms with Crippen molar-refractivity contribution in [3.05, 3.63) is 15.6 Å². The van der Waals surface area contributed by atoms with Gasteiger partial charge in [0, 0.05) is 44.6 Å². The quantitative estimate of drug-likeness (QED) is 0.519. The van der Waals surface area contributed by atoms with Gasteiger partial charge in [0.15, 0.2) is 5.96 Å². The van der Waals surface area contributed by atoms with Crippen molar-refractivity contribution in [3.8, 4) is 0 Å². The van der Waals surface area contributed by atoms with Crippen LogP contribution in [0.5, 0.6) is 0 Å². The molecular formula is C19H34N4OS. The van der Waals surface area contributed by atoms with Gasteiger partial charge in [0.25, 0.3) is 0 Å². The largest absolute Gasteiger partial charge is 0.385 e. The molecule has 0 amide bonds. The highest BCUT2D eigenvalue weighted by molar-refractivity contribution is 7.11. The Balaban J connectivity index is 1.89. The maximum atomic E-state index is 5.33. The maximum absolute atomic E-state index is 5.33. The molecule has 2 N–H and O–H groups in total. The molecule has 1 aromatic rings. The molecule has 0 aliphatic heterocycles. The first kappa shape index (κ1) is 20.2. The monoisotopic (exact) mass is 366 g/mol. The third-order valence-electron chi connectivity index (χ3n) is 5.06. The van der Waals surface area contributed by atoms with Gasteiger partial charge in [-0.2, -0.15) is 0 Å². The fourth-order valence-corrected chi connectivity index (χ4v) is 4.56. The summed E-state index contributed by atoms with van der Waals surface area (Å²) in [7, 11) is 1.79. The summed E-state index contributed by atoms with van der Waals surface area (Å²) in [6.45, 7) is 9.78. The topological polar surface area (TPSA) is 58.5 Å². The summed E-state index contributed by atoms with van der Waals surface area (Å²) in [6.07, 6.45) is 7.32. The Morgan fingerprint density at radius 1 is 1.28 bits per heavy atom. The third kappa shape index (κ3) is 6.26. The lowest BCUT2D eigenvalue weighted by Gasteiger charge is -2.27. The minimum atomic E-state index is 0.337. The number of guanidine groups is 1. The van der Waals surface area contributed by atoms with Crippen LogP contribution in [0.15, 0.2) is 4.99 Å². The average Bonchev–Trinajstić information content (AvgIpc) is 3.18. The number of hydrogen-bond donors (Lipinski definition) is 2. The molecule has 1 saturated carbocycles. The number of nitrogens with one attached hydrogen (secondary N) is 2. The normalized spacial score (nSPS) is 17.0. The van der Waals surface area contributed by atoms with Gasteiger partial charge in [-0.1, -0.05) is 12.8 Å². The van der Waals surface area contributed by atoms with Gasteiger partial charge >= 0.3 is 0 Å². The lowest BCUT2D eigenvalue weighted by atomic mass is 9.83. The lowest BCUT2D eigenvalue weighted by molar-refractivity contribution is 0.141. The number of ether oxygens (including phenoxy) is 1. The number of aliphatic imine (C=N–C) groups is 1. The van der Waals surface area contributed by atoms with E-state index in [1.807, 2.05) is 0 Å². The summed E-state index contributed by atoms with van der Waals surface area (Å²) in [5.74, 6) is 0.935. The van der Waals surface area contributed by atoms with Crippen LogP contribution in [0, 0.1) is 19.3 Å². The Morgan fingerprint density at radius 2 is 2.04 bits per heavy atom. The summed E-state index contributed by atoms with van der Waals surface area (Å²) < 4.78 is 5.33. The van der Waals surface area contributed by atoms with Gasteiger partial charge in [-0.05, 0) is 45.4 Å². The van der Waals surface area contributed by atoms with Crippen LogP contribution < -0.4 is 10.6 Å². The number of nitrogens with zero attached hydrogens (tertiary/aromatic N) is 2. The standard InChI is InChI=1S/C19H34N4OS/c1-5-20-18(21-12-8-17-15(2)23-16(3)25-17)22-14-19(11-13-24-4)9-6-7-10-19/h5-14H2,1-4H3,(H2,20,21,22). The van der Waals surface area contributed by atoms with Gasteiger partial charge in [-0.15, -0.1) is 11.3 Å². The van der Waals surface area contributed by atoms with Crippen molar-refractivity contribution < 1.29 is 4.74 Å². The Labute approximate surface area is 156 Å². The minimum absolute atomic E-state index is 0.337. The Bertz CT molecular complexity index is 550. The highest BCUT2D eigenvalue weighted by Gasteiger charge is 2.33. The zero-order valence-corrected chi connectivity index (χ0v) is 17.1. The van der Waals surface area contributed by atoms with Crippen molar-refractivity contribution in [2.24, 2.45) is 10.4 Å². The third-order valence-corrected chi connectivity index (χ3v) is 6.19. The number of hydrogen-bond acceptors (Lipinski definition) is 4. The molecule has 1 fully saturated rings. The van der Waals surface area contributed by atoms with Crippen LogP contribution in [0.25, 0.3) is 0 Å². The Hall–Kier alpha value is -1.14. The van der Waals surface area contributed by atoms with E-state index in [-0.39, 0.29) is 0 Å². The van der Waals surface area contributed by atoms with Crippen molar-refractivity contribution >= 4 is 17.3 Å². The van der Waals surface area contributed by atoms with E-state index in [0.29, 0.717) is 5.41 Å². The Morgan fingerprint density at radius 3 is 2.64 bits per heavy atom. The van der Waals surface area contributed by atoms with Crippen LogP contribution in [0.4, 0.5) is 0 Å². The van der Waals surface area contributed by atoms with Crippen molar-refractivity contribution in [1.29, 1.82) is 0 Å². The fourth-order valence-electron chi connectivity index (χ4n) is 3.62. The van der Waals surface area contributed by atoms with Gasteiger partial charge in [-0.25, -0.2) is 4.98 Å². The van der Waals surface area contributed by atoms with Crippen LogP contribution in [0.1, 0.15) is 54.6 Å². The molecule has 1 heterocycles. The minimum Gasteiger partial charge on any atom is -0.385 e. The van der Waals surface area contributed by atoms with E-state index in [9.17, 15) is 0 Å². The zero-order valence-electron chi connectivity index (χ0n) is 16.3. The fraction of sp³-hybridized carbons (Fsp3) is 0.789. The highest BCUT2D eigenvalue weighted by Crippen LogP contribution is 2.41. The molecule has 0 unspecified atom stereocenters. The number of aryl methyl sites for hydroxylation is 2. The summed E-state index contributed by atoms with van der Waals surface area (Å²) in [4.78, 5) is 10.8. The number of methoxy groups -OCH3 is 1. The zero-order chi connectivity index (χ0) is 18.1. The molecule has 0 spiro atoms. The first-order chi connectivity index (χ1) is 12.1. The molecule has 1 aromatic heterocycles. The van der Waals surface area contributed by atoms with Crippen LogP contribution in [0.3, 0.4) is 0 Å². The molecule has 2 rings (SSSR count). The van der Waals surface area contributed by atoms with E-state index in [1.54, 1.807) is 18.4 Å². The van der Waals surface area contributed by atoms with Crippen LogP contribution in [-0.2, 0) is 11.2 Å². The second-order valence-electron chi connectivity index (χ2n) is 7.06. The van der Waals surface area contributed by atoms with E-state index in [2.05, 4.69) is 36.4 Å². The van der Waals surface area contributed by atoms with Gasteiger partial charge in [0.05, 0.1) is 10.7 Å². The van der Waals surface area contributed by atoms with Crippen molar-refractivity contribution in [2.75, 3.05) is 33.4 Å². The second kappa shape index (κ2) is 10.1. The maximum Gasteiger partial charge on any atom is 0.191 e. The molecule has 142 valence electrons. The summed E-state index contributed by atoms with van der Waals surface area (Å²) in [5.41, 5.74) is 1.50. The van der Waals surface area contributed by atoms with Gasteiger partial charge in [-0.3, -0.25) is 4.99 Å². The van der Waals surface area contributed by atoms with Gasteiger partial charge in [0.1, 0.15) is 0 Å². The van der Waals surface area contributed by atoms with E-state index in [4.69, 9.17) is 9.73 Å². The first-order valence-electron chi connectivity index (χ1n) is 9.52. The summed E-state index contributed by atoms with van der Waals surface area (Å²) in [5, 5.41) is 8.02. The first-order valence-corrected chi connectivity index (χ1v) is 10.3. The molecule has 0 bridgehead atoms. The summed E-state index contributed by atoms with van der Waals surface area (Å²) in [6, 6.07) is 0. The molecule has 25 heavy (non-hydrogen) atoms. The molecule has 0 aromatic carbocycles. The molecule has 0 atom stereocenters. The molecule has 6 heteroatoms. The second-order valence-corrected chi connectivity index (χ2v) is 8.35. The number of thiazole rings is 1. The van der Waals surface area contributed by atoms with Crippen molar-refractivity contribution in [1.82, 2.24) is 15.6 Å². The van der Waals surface area contributed by atoms with E-state index in [1.165, 1.54) is 30.6 Å². The molecule has 1 aliphatic carbocycles. The predicted octanol–water partition coefficient (Wildman–Crippen LogP) is 3.45. The van der Waals surface area contributed by atoms with E-state index in [0.717, 1.165) is 55.7 Å². The van der Waals surface area contributed by atoms with E-state index >= 15 is 0 Å². The van der Waals surface area contributed by atoms with Crippen LogP contribution in [0.2, 0.25) is 0 Å². The Kier molecular flexibility index (Phi) is 8.16. The van der Waals surface area contributed by atoms with Crippen molar-refractivity contribution in [3.63, 3.8) is 0 Å². The lowest BCUT2D eigenvalue weighted by Crippen LogP contribution is -2.39. The highest BCUT2D eigenvalue weighted by atomic mass is 32.1. The van der Waals surface area contributed by atoms with Crippen molar-refractivity contribution in [2.45, 2.75) is 59.3 Å². The predicted molar refractivity (Wildman–Crippen MR) is 107 cm³/mol. The van der Waals surface area contributed by atoms with Gasteiger partial charge < -0.3 is 15.4 Å². The molecule has 5 nitrogen and oxygen atoms in total. The molecular weight excluding hydrogens is 332 g/mol. The van der Waals surface area contributed by atoms with E-state index < -0.39 is 0 Å². The molecule has 0 radical (unpaired) electrons. The van der Waals surface area contributed by atoms with Crippen LogP contribution in [-0.4, -0.2) is 44.3 Å². The molecule has 1 aliphatic rings. The van der Waals surface area contributed by atoms with Crippen LogP contribution >= 0.6 is 11.3 Å². The smallest absolute Gasteiger partial charge is 0.191 e.